The van der Waals surface area contributed by atoms with Crippen LogP contribution in [0.25, 0.3) is 22.0 Å². The highest BCUT2D eigenvalue weighted by molar-refractivity contribution is 7.89. The smallest absolute Gasteiger partial charge is 0.406 e. The SMILES string of the molecule is CNS(=O)(=O)CCc1cc(-c2ccc(OC(F)(F)F)cc2)cc2cn(C)nc12. The average molecular weight is 413 g/mol. The van der Waals surface area contributed by atoms with E-state index in [-0.39, 0.29) is 17.9 Å². The Morgan fingerprint density at radius 1 is 1.14 bits per heavy atom. The first kappa shape index (κ1) is 20.2. The van der Waals surface area contributed by atoms with Crippen LogP contribution in [-0.4, -0.2) is 37.4 Å². The van der Waals surface area contributed by atoms with E-state index in [1.165, 1.54) is 31.3 Å². The maximum absolute atomic E-state index is 12.3. The van der Waals surface area contributed by atoms with Crippen LogP contribution in [0.15, 0.2) is 42.6 Å². The van der Waals surface area contributed by atoms with Gasteiger partial charge in [0.1, 0.15) is 5.75 Å². The van der Waals surface area contributed by atoms with E-state index >= 15 is 0 Å². The Morgan fingerprint density at radius 3 is 2.43 bits per heavy atom. The molecule has 0 spiro atoms. The van der Waals surface area contributed by atoms with E-state index in [9.17, 15) is 21.6 Å². The van der Waals surface area contributed by atoms with Crippen LogP contribution in [0.4, 0.5) is 13.2 Å². The van der Waals surface area contributed by atoms with Gasteiger partial charge in [0.15, 0.2) is 0 Å². The fourth-order valence-electron chi connectivity index (χ4n) is 2.88. The van der Waals surface area contributed by atoms with E-state index in [2.05, 4.69) is 14.6 Å². The van der Waals surface area contributed by atoms with Gasteiger partial charge in [0.05, 0.1) is 11.3 Å². The van der Waals surface area contributed by atoms with Gasteiger partial charge < -0.3 is 4.74 Å². The number of alkyl halides is 3. The number of halogens is 3. The lowest BCUT2D eigenvalue weighted by Crippen LogP contribution is -2.23. The van der Waals surface area contributed by atoms with Crippen LogP contribution in [0.3, 0.4) is 0 Å². The van der Waals surface area contributed by atoms with Gasteiger partial charge >= 0.3 is 6.36 Å². The van der Waals surface area contributed by atoms with Crippen LogP contribution >= 0.6 is 0 Å². The summed E-state index contributed by atoms with van der Waals surface area (Å²) in [5.41, 5.74) is 2.85. The Bertz CT molecular complexity index is 1090. The van der Waals surface area contributed by atoms with Crippen molar-refractivity contribution in [2.75, 3.05) is 12.8 Å². The summed E-state index contributed by atoms with van der Waals surface area (Å²) in [6.45, 7) is 0. The van der Waals surface area contributed by atoms with Gasteiger partial charge in [-0.25, -0.2) is 13.1 Å². The third kappa shape index (κ3) is 4.82. The molecule has 28 heavy (non-hydrogen) atoms. The molecule has 3 rings (SSSR count). The summed E-state index contributed by atoms with van der Waals surface area (Å²) in [5.74, 6) is -0.407. The Hall–Kier alpha value is -2.59. The van der Waals surface area contributed by atoms with Gasteiger partial charge in [0.2, 0.25) is 10.0 Å². The summed E-state index contributed by atoms with van der Waals surface area (Å²) < 4.78 is 68.3. The topological polar surface area (TPSA) is 73.2 Å². The largest absolute Gasteiger partial charge is 0.573 e. The molecule has 1 aromatic heterocycles. The van der Waals surface area contributed by atoms with Crippen LogP contribution in [0.5, 0.6) is 5.75 Å². The first-order chi connectivity index (χ1) is 13.1. The van der Waals surface area contributed by atoms with E-state index in [0.29, 0.717) is 11.1 Å². The molecule has 10 heteroatoms. The highest BCUT2D eigenvalue weighted by Crippen LogP contribution is 2.30. The van der Waals surface area contributed by atoms with Crippen molar-refractivity contribution >= 4 is 20.9 Å². The number of aryl methyl sites for hydroxylation is 2. The van der Waals surface area contributed by atoms with Crippen LogP contribution in [-0.2, 0) is 23.5 Å². The number of aromatic nitrogens is 2. The van der Waals surface area contributed by atoms with E-state index < -0.39 is 16.4 Å². The van der Waals surface area contributed by atoms with E-state index in [1.807, 2.05) is 6.07 Å². The zero-order valence-corrected chi connectivity index (χ0v) is 15.9. The second kappa shape index (κ2) is 7.44. The molecular formula is C18H18F3N3O3S. The molecule has 0 radical (unpaired) electrons. The average Bonchev–Trinajstić information content (AvgIpc) is 2.99. The van der Waals surface area contributed by atoms with Gasteiger partial charge in [-0.2, -0.15) is 5.10 Å². The fourth-order valence-corrected chi connectivity index (χ4v) is 3.57. The molecule has 1 N–H and O–H groups in total. The zero-order chi connectivity index (χ0) is 20.5. The second-order valence-corrected chi connectivity index (χ2v) is 8.27. The maximum atomic E-state index is 12.3. The molecular weight excluding hydrogens is 395 g/mol. The molecule has 6 nitrogen and oxygen atoms in total. The van der Waals surface area contributed by atoms with Gasteiger partial charge in [0, 0.05) is 18.6 Å². The van der Waals surface area contributed by atoms with E-state index in [4.69, 9.17) is 0 Å². The number of nitrogens with zero attached hydrogens (tertiary/aromatic N) is 2. The highest BCUT2D eigenvalue weighted by atomic mass is 32.2. The van der Waals surface area contributed by atoms with Crippen molar-refractivity contribution in [3.05, 3.63) is 48.2 Å². The number of nitrogens with one attached hydrogen (secondary N) is 1. The molecule has 0 amide bonds. The molecule has 0 atom stereocenters. The van der Waals surface area contributed by atoms with E-state index in [0.717, 1.165) is 16.5 Å². The first-order valence-electron chi connectivity index (χ1n) is 8.30. The third-order valence-electron chi connectivity index (χ3n) is 4.17. The fraction of sp³-hybridized carbons (Fsp3) is 0.278. The molecule has 150 valence electrons. The van der Waals surface area contributed by atoms with Crippen molar-refractivity contribution < 1.29 is 26.3 Å². The standard InChI is InChI=1S/C18H18F3N3O3S/c1-22-28(25,26)8-7-13-9-14(10-15-11-24(2)23-17(13)15)12-3-5-16(6-4-12)27-18(19,20)21/h3-6,9-11,22H,7-8H2,1-2H3. The number of ether oxygens (including phenoxy) is 1. The van der Waals surface area contributed by atoms with Crippen LogP contribution < -0.4 is 9.46 Å². The molecule has 0 aliphatic rings. The number of benzene rings is 2. The number of sulfonamides is 1. The van der Waals surface area contributed by atoms with Gasteiger partial charge in [-0.3, -0.25) is 4.68 Å². The Balaban J connectivity index is 1.97. The minimum atomic E-state index is -4.75. The minimum absolute atomic E-state index is 0.100. The van der Waals surface area contributed by atoms with E-state index in [1.54, 1.807) is 24.0 Å². The maximum Gasteiger partial charge on any atom is 0.573 e. The number of hydrogen-bond acceptors (Lipinski definition) is 4. The summed E-state index contributed by atoms with van der Waals surface area (Å²) in [6, 6.07) is 9.18. The Kier molecular flexibility index (Phi) is 5.35. The lowest BCUT2D eigenvalue weighted by molar-refractivity contribution is -0.274. The van der Waals surface area contributed by atoms with Gasteiger partial charge in [0.25, 0.3) is 0 Å². The molecule has 0 fully saturated rings. The highest BCUT2D eigenvalue weighted by Gasteiger charge is 2.31. The first-order valence-corrected chi connectivity index (χ1v) is 9.95. The minimum Gasteiger partial charge on any atom is -0.406 e. The molecule has 1 heterocycles. The van der Waals surface area contributed by atoms with Crippen molar-refractivity contribution in [2.45, 2.75) is 12.8 Å². The molecule has 2 aromatic carbocycles. The second-order valence-electron chi connectivity index (χ2n) is 6.22. The number of fused-ring (bicyclic) bond motifs is 1. The van der Waals surface area contributed by atoms with Crippen LogP contribution in [0.1, 0.15) is 5.56 Å². The van der Waals surface area contributed by atoms with Gasteiger partial charge in [-0.05, 0) is 54.4 Å². The molecule has 0 aliphatic carbocycles. The third-order valence-corrected chi connectivity index (χ3v) is 5.54. The zero-order valence-electron chi connectivity index (χ0n) is 15.1. The summed E-state index contributed by atoms with van der Waals surface area (Å²) >= 11 is 0. The summed E-state index contributed by atoms with van der Waals surface area (Å²) in [6.07, 6.45) is -2.70. The van der Waals surface area contributed by atoms with Crippen LogP contribution in [0.2, 0.25) is 0 Å². The monoisotopic (exact) mass is 413 g/mol. The Labute approximate surface area is 160 Å². The lowest BCUT2D eigenvalue weighted by atomic mass is 9.99. The summed E-state index contributed by atoms with van der Waals surface area (Å²) in [4.78, 5) is 0. The Morgan fingerprint density at radius 2 is 1.82 bits per heavy atom. The lowest BCUT2D eigenvalue weighted by Gasteiger charge is -2.10. The van der Waals surface area contributed by atoms with Gasteiger partial charge in [-0.15, -0.1) is 13.2 Å². The van der Waals surface area contributed by atoms with Crippen LogP contribution in [0, 0.1) is 0 Å². The number of rotatable bonds is 6. The predicted molar refractivity (Wildman–Crippen MR) is 99.4 cm³/mol. The molecule has 3 aromatic rings. The number of hydrogen-bond donors (Lipinski definition) is 1. The molecule has 0 aliphatic heterocycles. The predicted octanol–water partition coefficient (Wildman–Crippen LogP) is 3.23. The van der Waals surface area contributed by atoms with Crippen molar-refractivity contribution in [1.29, 1.82) is 0 Å². The van der Waals surface area contributed by atoms with Crippen molar-refractivity contribution in [3.63, 3.8) is 0 Å². The van der Waals surface area contributed by atoms with Crippen molar-refractivity contribution in [1.82, 2.24) is 14.5 Å². The van der Waals surface area contributed by atoms with Crippen molar-refractivity contribution in [2.24, 2.45) is 7.05 Å². The van der Waals surface area contributed by atoms with Crippen molar-refractivity contribution in [3.8, 4) is 16.9 Å². The molecule has 0 unspecified atom stereocenters. The molecule has 0 bridgehead atoms. The summed E-state index contributed by atoms with van der Waals surface area (Å²) in [7, 11) is -0.273. The molecule has 0 saturated carbocycles. The normalized spacial score (nSPS) is 12.5. The summed E-state index contributed by atoms with van der Waals surface area (Å²) in [5, 5.41) is 5.20. The molecule has 0 saturated heterocycles. The quantitative estimate of drug-likeness (QED) is 0.674. The van der Waals surface area contributed by atoms with Gasteiger partial charge in [-0.1, -0.05) is 12.1 Å².